The number of amides is 1. The molecule has 2 atom stereocenters. The molecule has 1 amide bonds. The van der Waals surface area contributed by atoms with Crippen molar-refractivity contribution in [2.45, 2.75) is 12.1 Å². The molecule has 0 bridgehead atoms. The number of carbonyl (C=O) groups is 1. The fourth-order valence-electron chi connectivity index (χ4n) is 1.07. The van der Waals surface area contributed by atoms with Gasteiger partial charge in [0.15, 0.2) is 6.10 Å². The van der Waals surface area contributed by atoms with Gasteiger partial charge in [-0.25, -0.2) is 0 Å². The quantitative estimate of drug-likeness (QED) is 0.665. The van der Waals surface area contributed by atoms with Crippen LogP contribution in [0.3, 0.4) is 0 Å². The van der Waals surface area contributed by atoms with Gasteiger partial charge in [-0.2, -0.15) is 0 Å². The minimum Gasteiger partial charge on any atom is -0.467 e. The first-order valence-electron chi connectivity index (χ1n) is 3.31. The van der Waals surface area contributed by atoms with E-state index in [1.165, 1.54) is 6.26 Å². The van der Waals surface area contributed by atoms with Crippen LogP contribution in [0.4, 0.5) is 0 Å². The summed E-state index contributed by atoms with van der Waals surface area (Å²) in [5, 5.41) is 11.6. The van der Waals surface area contributed by atoms with Crippen LogP contribution in [0.1, 0.15) is 11.8 Å². The summed E-state index contributed by atoms with van der Waals surface area (Å²) in [5.41, 5.74) is 0. The third kappa shape index (κ3) is 1.59. The fourth-order valence-corrected chi connectivity index (χ4v) is 1.07. The van der Waals surface area contributed by atoms with Gasteiger partial charge < -0.3 is 14.8 Å². The van der Waals surface area contributed by atoms with Crippen LogP contribution in [-0.4, -0.2) is 17.1 Å². The zero-order chi connectivity index (χ0) is 7.84. The van der Waals surface area contributed by atoms with E-state index in [1.807, 2.05) is 0 Å². The third-order valence-electron chi connectivity index (χ3n) is 1.73. The van der Waals surface area contributed by atoms with Crippen molar-refractivity contribution in [2.24, 2.45) is 0 Å². The Labute approximate surface area is 105 Å². The van der Waals surface area contributed by atoms with Gasteiger partial charge in [0.05, 0.1) is 6.26 Å². The largest absolute Gasteiger partial charge is 0.467 e. The predicted octanol–water partition coefficient (Wildman–Crippen LogP) is -0.189. The molecule has 1 aliphatic heterocycles. The Hall–Kier alpha value is 0.152. The summed E-state index contributed by atoms with van der Waals surface area (Å²) in [7, 11) is 0. The number of β-lactam (4-membered cyclic amide) rings is 1. The van der Waals surface area contributed by atoms with E-state index in [9.17, 15) is 4.79 Å². The van der Waals surface area contributed by atoms with Crippen molar-refractivity contribution in [3.05, 3.63) is 24.2 Å². The Morgan fingerprint density at radius 1 is 1.58 bits per heavy atom. The molecule has 0 spiro atoms. The summed E-state index contributed by atoms with van der Waals surface area (Å²) in [6.07, 6.45) is 0.563. The molecule has 1 radical (unpaired) electrons. The zero-order valence-electron chi connectivity index (χ0n) is 6.23. The van der Waals surface area contributed by atoms with Crippen LogP contribution in [0.25, 0.3) is 0 Å². The SMILES string of the molecule is O=C1N[C@@H](c2ccco2)[C@H]1O.[Ac]. The van der Waals surface area contributed by atoms with E-state index in [0.717, 1.165) is 0 Å². The Morgan fingerprint density at radius 2 is 2.33 bits per heavy atom. The average Bonchev–Trinajstić information content (AvgIpc) is 2.51. The second-order valence-electron chi connectivity index (χ2n) is 2.45. The van der Waals surface area contributed by atoms with Crippen molar-refractivity contribution in [1.29, 1.82) is 0 Å². The number of nitrogens with one attached hydrogen (secondary N) is 1. The van der Waals surface area contributed by atoms with Crippen molar-refractivity contribution in [1.82, 2.24) is 5.32 Å². The standard InChI is InChI=1S/C7H7NO3.Ac/c9-6-5(8-7(6)10)4-2-1-3-11-4;/h1-3,5-6,9H,(H,8,10);/t5-,6+;/m0./s1. The minimum absolute atomic E-state index is 0. The summed E-state index contributed by atoms with van der Waals surface area (Å²) < 4.78 is 4.98. The third-order valence-corrected chi connectivity index (χ3v) is 1.73. The molecule has 1 aliphatic rings. The molecule has 4 nitrogen and oxygen atoms in total. The van der Waals surface area contributed by atoms with Crippen LogP contribution in [0.5, 0.6) is 0 Å². The second-order valence-corrected chi connectivity index (χ2v) is 2.45. The van der Waals surface area contributed by atoms with Gasteiger partial charge in [0.1, 0.15) is 11.8 Å². The van der Waals surface area contributed by atoms with Crippen LogP contribution in [0.15, 0.2) is 22.8 Å². The first-order valence-corrected chi connectivity index (χ1v) is 3.31. The molecule has 1 aromatic heterocycles. The van der Waals surface area contributed by atoms with E-state index in [4.69, 9.17) is 9.52 Å². The van der Waals surface area contributed by atoms with Gasteiger partial charge in [-0.1, -0.05) is 0 Å². The van der Waals surface area contributed by atoms with Crippen molar-refractivity contribution >= 4 is 5.91 Å². The van der Waals surface area contributed by atoms with E-state index in [0.29, 0.717) is 5.76 Å². The van der Waals surface area contributed by atoms with Gasteiger partial charge in [-0.3, -0.25) is 4.79 Å². The molecule has 2 heterocycles. The number of carbonyl (C=O) groups excluding carboxylic acids is 1. The minimum atomic E-state index is -0.943. The first-order chi connectivity index (χ1) is 5.29. The Kier molecular flexibility index (Phi) is 3.33. The second kappa shape index (κ2) is 3.91. The topological polar surface area (TPSA) is 62.5 Å². The normalized spacial score (nSPS) is 26.9. The Morgan fingerprint density at radius 3 is 2.75 bits per heavy atom. The molecule has 1 fully saturated rings. The van der Waals surface area contributed by atoms with Gasteiger partial charge in [0.2, 0.25) is 0 Å². The molecule has 0 saturated carbocycles. The smallest absolute Gasteiger partial charge is 0.252 e. The van der Waals surface area contributed by atoms with Crippen LogP contribution in [0, 0.1) is 44.1 Å². The Bertz CT molecular complexity index is 272. The van der Waals surface area contributed by atoms with Crippen LogP contribution >= 0.6 is 0 Å². The summed E-state index contributed by atoms with van der Waals surface area (Å²) >= 11 is 0. The molecule has 2 rings (SSSR count). The molecule has 1 saturated heterocycles. The summed E-state index contributed by atoms with van der Waals surface area (Å²) in [5.74, 6) is 0.253. The maximum Gasteiger partial charge on any atom is 0.252 e. The zero-order valence-corrected chi connectivity index (χ0v) is 11.0. The molecule has 12 heavy (non-hydrogen) atoms. The number of hydrogen-bond donors (Lipinski definition) is 2. The van der Waals surface area contributed by atoms with Crippen molar-refractivity contribution in [2.75, 3.05) is 0 Å². The van der Waals surface area contributed by atoms with Gasteiger partial charge in [-0.05, 0) is 12.1 Å². The van der Waals surface area contributed by atoms with Gasteiger partial charge in [0, 0.05) is 44.1 Å². The van der Waals surface area contributed by atoms with E-state index in [2.05, 4.69) is 5.32 Å². The summed E-state index contributed by atoms with van der Waals surface area (Å²) in [6, 6.07) is 3.08. The van der Waals surface area contributed by atoms with Crippen LogP contribution in [-0.2, 0) is 4.79 Å². The monoisotopic (exact) mass is 380 g/mol. The number of hydrogen-bond acceptors (Lipinski definition) is 3. The fraction of sp³-hybridized carbons (Fsp3) is 0.286. The van der Waals surface area contributed by atoms with Gasteiger partial charge >= 0.3 is 0 Å². The number of rotatable bonds is 1. The van der Waals surface area contributed by atoms with Crippen LogP contribution < -0.4 is 5.32 Å². The molecule has 2 N–H and O–H groups in total. The molecule has 0 aliphatic carbocycles. The Balaban J connectivity index is 0.000000720. The number of aliphatic hydroxyl groups is 1. The van der Waals surface area contributed by atoms with E-state index < -0.39 is 6.10 Å². The van der Waals surface area contributed by atoms with Crippen molar-refractivity contribution in [3.63, 3.8) is 0 Å². The molecular weight excluding hydrogens is 373 g/mol. The maximum atomic E-state index is 10.5. The van der Waals surface area contributed by atoms with Gasteiger partial charge in [-0.15, -0.1) is 0 Å². The van der Waals surface area contributed by atoms with E-state index in [1.54, 1.807) is 12.1 Å². The van der Waals surface area contributed by atoms with Gasteiger partial charge in [0.25, 0.3) is 5.91 Å². The van der Waals surface area contributed by atoms with Crippen molar-refractivity contribution < 1.29 is 58.4 Å². The average molecular weight is 380 g/mol. The van der Waals surface area contributed by atoms with E-state index >= 15 is 0 Å². The molecule has 1 aromatic rings. The molecule has 0 aromatic carbocycles. The predicted molar refractivity (Wildman–Crippen MR) is 35.6 cm³/mol. The summed E-state index contributed by atoms with van der Waals surface area (Å²) in [4.78, 5) is 10.5. The molecular formula is C7H7AcNO3. The number of aliphatic hydroxyl groups excluding tert-OH is 1. The van der Waals surface area contributed by atoms with Crippen LogP contribution in [0.2, 0.25) is 0 Å². The first kappa shape index (κ1) is 10.2. The number of furan rings is 1. The maximum absolute atomic E-state index is 10.5. The molecule has 61 valence electrons. The van der Waals surface area contributed by atoms with E-state index in [-0.39, 0.29) is 56.0 Å². The molecule has 0 unspecified atom stereocenters. The summed E-state index contributed by atoms with van der Waals surface area (Å²) in [6.45, 7) is 0. The molecule has 5 heteroatoms. The van der Waals surface area contributed by atoms with Crippen molar-refractivity contribution in [3.8, 4) is 0 Å².